The van der Waals surface area contributed by atoms with Crippen LogP contribution in [0.5, 0.6) is 0 Å². The zero-order valence-corrected chi connectivity index (χ0v) is 16.1. The molecule has 2 aromatic rings. The molecule has 4 rings (SSSR count). The molecule has 0 radical (unpaired) electrons. The first kappa shape index (κ1) is 17.3. The molecule has 2 aliphatic carbocycles. The molecule has 1 aromatic carbocycles. The summed E-state index contributed by atoms with van der Waals surface area (Å²) in [6.45, 7) is 6.69. The zero-order valence-electron chi connectivity index (χ0n) is 15.3. The number of ketones is 1. The van der Waals surface area contributed by atoms with E-state index >= 15 is 0 Å². The lowest BCUT2D eigenvalue weighted by molar-refractivity contribution is -0.122. The fourth-order valence-corrected chi connectivity index (χ4v) is 6.25. The summed E-state index contributed by atoms with van der Waals surface area (Å²) in [5, 5.41) is 10.1. The molecule has 26 heavy (non-hydrogen) atoms. The highest BCUT2D eigenvalue weighted by Gasteiger charge is 2.66. The largest absolute Gasteiger partial charge is 0.298 e. The first-order valence-corrected chi connectivity index (χ1v) is 9.93. The number of Topliss-reactive ketones (excluding diaryl/α,β-unsaturated/α-hetero) is 1. The van der Waals surface area contributed by atoms with Crippen LogP contribution in [0.1, 0.15) is 39.2 Å². The number of benzene rings is 1. The van der Waals surface area contributed by atoms with Crippen molar-refractivity contribution in [2.24, 2.45) is 16.7 Å². The fraction of sp³-hybridized carbons (Fsp3) is 0.409. The molecule has 3 nitrogen and oxygen atoms in total. The van der Waals surface area contributed by atoms with Gasteiger partial charge in [0.05, 0.1) is 16.5 Å². The number of nitriles is 1. The van der Waals surface area contributed by atoms with E-state index in [4.69, 9.17) is 4.98 Å². The Morgan fingerprint density at radius 2 is 1.88 bits per heavy atom. The predicted molar refractivity (Wildman–Crippen MR) is 104 cm³/mol. The average Bonchev–Trinajstić information content (AvgIpc) is 2.96. The number of nitrogens with zero attached hydrogens (tertiary/aromatic N) is 2. The van der Waals surface area contributed by atoms with Crippen LogP contribution in [0.15, 0.2) is 47.5 Å². The number of hydrogen-bond donors (Lipinski definition) is 0. The Morgan fingerprint density at radius 1 is 1.15 bits per heavy atom. The third-order valence-corrected chi connectivity index (χ3v) is 8.28. The molecular formula is C22H22N2OS. The second-order valence-corrected chi connectivity index (χ2v) is 9.25. The highest BCUT2D eigenvalue weighted by atomic mass is 32.2. The maximum Gasteiger partial charge on any atom is 0.150 e. The fourth-order valence-electron chi connectivity index (χ4n) is 4.67. The minimum atomic E-state index is -0.123. The molecule has 3 atom stereocenters. The molecule has 0 unspecified atom stereocenters. The standard InChI is InChI=1S/C22H22N2OS/c1-21(2)16-11-12-22(21,3)19(18(16)25)26-20-15(13-23)9-10-17(24-20)14-7-5-4-6-8-14/h4-10,16,19H,11-12H2,1-3H3/t16-,19-,22-/m0/s1. The Morgan fingerprint density at radius 3 is 2.50 bits per heavy atom. The van der Waals surface area contributed by atoms with Crippen LogP contribution in [0.4, 0.5) is 0 Å². The van der Waals surface area contributed by atoms with Crippen molar-refractivity contribution in [3.8, 4) is 17.3 Å². The minimum Gasteiger partial charge on any atom is -0.298 e. The monoisotopic (exact) mass is 362 g/mol. The van der Waals surface area contributed by atoms with Gasteiger partial charge in [-0.25, -0.2) is 4.98 Å². The summed E-state index contributed by atoms with van der Waals surface area (Å²) in [5.41, 5.74) is 2.37. The van der Waals surface area contributed by atoms with Crippen LogP contribution >= 0.6 is 11.8 Å². The van der Waals surface area contributed by atoms with Crippen LogP contribution in [-0.2, 0) is 4.79 Å². The van der Waals surface area contributed by atoms with Gasteiger partial charge in [0, 0.05) is 11.5 Å². The Bertz CT molecular complexity index is 915. The van der Waals surface area contributed by atoms with Crippen molar-refractivity contribution in [3.63, 3.8) is 0 Å². The first-order chi connectivity index (χ1) is 12.4. The van der Waals surface area contributed by atoms with E-state index in [9.17, 15) is 10.1 Å². The van der Waals surface area contributed by atoms with Gasteiger partial charge in [0.15, 0.2) is 0 Å². The van der Waals surface area contributed by atoms with Crippen molar-refractivity contribution in [1.29, 1.82) is 5.26 Å². The number of carbonyl (C=O) groups excluding carboxylic acids is 1. The van der Waals surface area contributed by atoms with Gasteiger partial charge in [-0.2, -0.15) is 5.26 Å². The van der Waals surface area contributed by atoms with Gasteiger partial charge < -0.3 is 0 Å². The Labute approximate surface area is 158 Å². The predicted octanol–water partition coefficient (Wildman–Crippen LogP) is 5.11. The number of carbonyl (C=O) groups is 1. The third kappa shape index (κ3) is 2.34. The van der Waals surface area contributed by atoms with E-state index in [0.717, 1.165) is 24.1 Å². The Kier molecular flexibility index (Phi) is 3.96. The molecule has 2 bridgehead atoms. The van der Waals surface area contributed by atoms with E-state index in [1.165, 1.54) is 11.8 Å². The Hall–Kier alpha value is -2.12. The number of hydrogen-bond acceptors (Lipinski definition) is 4. The molecule has 4 heteroatoms. The molecule has 2 saturated carbocycles. The van der Waals surface area contributed by atoms with E-state index in [-0.39, 0.29) is 22.0 Å². The average molecular weight is 362 g/mol. The van der Waals surface area contributed by atoms with Gasteiger partial charge in [-0.05, 0) is 35.8 Å². The van der Waals surface area contributed by atoms with Crippen LogP contribution < -0.4 is 0 Å². The van der Waals surface area contributed by atoms with Crippen molar-refractivity contribution < 1.29 is 4.79 Å². The lowest BCUT2D eigenvalue weighted by atomic mass is 9.71. The van der Waals surface area contributed by atoms with Crippen LogP contribution in [0.25, 0.3) is 11.3 Å². The summed E-state index contributed by atoms with van der Waals surface area (Å²) in [6, 6.07) is 15.9. The SMILES string of the molecule is CC1(C)[C@H]2CC[C@@]1(C)[C@@H](Sc1nc(-c3ccccc3)ccc1C#N)C2=O. The van der Waals surface area contributed by atoms with Crippen molar-refractivity contribution in [2.45, 2.75) is 43.9 Å². The van der Waals surface area contributed by atoms with Crippen molar-refractivity contribution in [2.75, 3.05) is 0 Å². The molecule has 132 valence electrons. The molecule has 2 fully saturated rings. The number of fused-ring (bicyclic) bond motifs is 2. The van der Waals surface area contributed by atoms with Gasteiger partial charge in [0.1, 0.15) is 16.9 Å². The van der Waals surface area contributed by atoms with E-state index in [2.05, 4.69) is 26.8 Å². The maximum atomic E-state index is 13.0. The van der Waals surface area contributed by atoms with E-state index < -0.39 is 0 Å². The van der Waals surface area contributed by atoms with Gasteiger partial charge in [0.25, 0.3) is 0 Å². The van der Waals surface area contributed by atoms with Crippen LogP contribution in [0.3, 0.4) is 0 Å². The summed E-state index contributed by atoms with van der Waals surface area (Å²) in [4.78, 5) is 17.8. The summed E-state index contributed by atoms with van der Waals surface area (Å²) < 4.78 is 0. The summed E-state index contributed by atoms with van der Waals surface area (Å²) in [6.07, 6.45) is 2.05. The van der Waals surface area contributed by atoms with Gasteiger partial charge in [-0.15, -0.1) is 0 Å². The summed E-state index contributed by atoms with van der Waals surface area (Å²) in [5.74, 6) is 0.470. The second kappa shape index (κ2) is 5.96. The van der Waals surface area contributed by atoms with E-state index in [0.29, 0.717) is 16.4 Å². The van der Waals surface area contributed by atoms with E-state index in [1.54, 1.807) is 0 Å². The Balaban J connectivity index is 1.73. The number of rotatable bonds is 3. The number of pyridine rings is 1. The quantitative estimate of drug-likeness (QED) is 0.762. The normalized spacial score (nSPS) is 28.9. The van der Waals surface area contributed by atoms with Crippen molar-refractivity contribution >= 4 is 17.5 Å². The minimum absolute atomic E-state index is 0.00555. The lowest BCUT2D eigenvalue weighted by Crippen LogP contribution is -2.35. The van der Waals surface area contributed by atoms with Crippen LogP contribution in [0, 0.1) is 28.1 Å². The summed E-state index contributed by atoms with van der Waals surface area (Å²) in [7, 11) is 0. The highest BCUT2D eigenvalue weighted by Crippen LogP contribution is 2.67. The maximum absolute atomic E-state index is 13.0. The van der Waals surface area contributed by atoms with Gasteiger partial charge in [0.2, 0.25) is 0 Å². The lowest BCUT2D eigenvalue weighted by Gasteiger charge is -2.37. The second-order valence-electron chi connectivity index (χ2n) is 8.16. The van der Waals surface area contributed by atoms with Crippen LogP contribution in [-0.4, -0.2) is 16.0 Å². The zero-order chi connectivity index (χ0) is 18.5. The first-order valence-electron chi connectivity index (χ1n) is 9.05. The number of thioether (sulfide) groups is 1. The van der Waals surface area contributed by atoms with Crippen molar-refractivity contribution in [3.05, 3.63) is 48.0 Å². The smallest absolute Gasteiger partial charge is 0.150 e. The van der Waals surface area contributed by atoms with Crippen molar-refractivity contribution in [1.82, 2.24) is 4.98 Å². The molecule has 0 saturated heterocycles. The van der Waals surface area contributed by atoms with Gasteiger partial charge in [-0.3, -0.25) is 4.79 Å². The molecule has 2 aliphatic rings. The highest BCUT2D eigenvalue weighted by molar-refractivity contribution is 8.00. The summed E-state index contributed by atoms with van der Waals surface area (Å²) >= 11 is 1.50. The molecular weight excluding hydrogens is 340 g/mol. The number of aromatic nitrogens is 1. The van der Waals surface area contributed by atoms with Crippen LogP contribution in [0.2, 0.25) is 0 Å². The topological polar surface area (TPSA) is 53.8 Å². The molecule has 0 aliphatic heterocycles. The van der Waals surface area contributed by atoms with Gasteiger partial charge in [-0.1, -0.05) is 62.9 Å². The molecule has 0 amide bonds. The van der Waals surface area contributed by atoms with Gasteiger partial charge >= 0.3 is 0 Å². The van der Waals surface area contributed by atoms with E-state index in [1.807, 2.05) is 42.5 Å². The molecule has 1 heterocycles. The molecule has 0 spiro atoms. The third-order valence-electron chi connectivity index (χ3n) is 6.76. The molecule has 1 aromatic heterocycles. The molecule has 0 N–H and O–H groups in total.